The van der Waals surface area contributed by atoms with Crippen molar-refractivity contribution in [2.45, 2.75) is 90.9 Å². The van der Waals surface area contributed by atoms with E-state index in [9.17, 15) is 9.59 Å². The van der Waals surface area contributed by atoms with Crippen LogP contribution in [0.5, 0.6) is 0 Å². The van der Waals surface area contributed by atoms with Gasteiger partial charge in [0.1, 0.15) is 0 Å². The number of benzene rings is 3. The third kappa shape index (κ3) is 9.22. The Hall–Kier alpha value is -3.00. The van der Waals surface area contributed by atoms with Gasteiger partial charge in [-0.15, -0.1) is 0 Å². The Morgan fingerprint density at radius 2 is 1.11 bits per heavy atom. The van der Waals surface area contributed by atoms with Crippen molar-refractivity contribution >= 4 is 11.6 Å². The van der Waals surface area contributed by atoms with Crippen molar-refractivity contribution in [3.8, 4) is 11.1 Å². The van der Waals surface area contributed by atoms with Crippen LogP contribution in [0.15, 0.2) is 72.8 Å². The number of hydrogen-bond donors (Lipinski definition) is 0. The SMILES string of the molecule is CCCCCCCCCCCCc1ccc(-c2ccc(C(=O)CC(=O)c3cccc(C)c3)cc2)cc1. The first-order valence-corrected chi connectivity index (χ1v) is 13.9. The van der Waals surface area contributed by atoms with Crippen LogP contribution in [0.3, 0.4) is 0 Å². The fourth-order valence-electron chi connectivity index (χ4n) is 4.70. The van der Waals surface area contributed by atoms with Gasteiger partial charge in [-0.2, -0.15) is 0 Å². The van der Waals surface area contributed by atoms with Gasteiger partial charge in [-0.25, -0.2) is 0 Å². The highest BCUT2D eigenvalue weighted by atomic mass is 16.1. The molecule has 0 aliphatic rings. The summed E-state index contributed by atoms with van der Waals surface area (Å²) in [6.07, 6.45) is 14.7. The van der Waals surface area contributed by atoms with Crippen molar-refractivity contribution < 1.29 is 9.59 Å². The van der Waals surface area contributed by atoms with Gasteiger partial charge in [0.25, 0.3) is 0 Å². The molecule has 0 aliphatic carbocycles. The first-order chi connectivity index (χ1) is 17.6. The minimum absolute atomic E-state index is 0.101. The first kappa shape index (κ1) is 27.6. The topological polar surface area (TPSA) is 34.1 Å². The molecule has 0 saturated heterocycles. The quantitative estimate of drug-likeness (QED) is 0.116. The third-order valence-electron chi connectivity index (χ3n) is 6.97. The third-order valence-corrected chi connectivity index (χ3v) is 6.97. The number of unbranched alkanes of at least 4 members (excludes halogenated alkanes) is 9. The summed E-state index contributed by atoms with van der Waals surface area (Å²) in [6, 6.07) is 23.8. The summed E-state index contributed by atoms with van der Waals surface area (Å²) < 4.78 is 0. The van der Waals surface area contributed by atoms with E-state index in [1.54, 1.807) is 6.07 Å². The smallest absolute Gasteiger partial charge is 0.170 e. The maximum absolute atomic E-state index is 12.6. The van der Waals surface area contributed by atoms with Gasteiger partial charge in [0.05, 0.1) is 6.42 Å². The molecule has 0 amide bonds. The van der Waals surface area contributed by atoms with Gasteiger partial charge in [0, 0.05) is 11.1 Å². The Morgan fingerprint density at radius 3 is 1.69 bits per heavy atom. The van der Waals surface area contributed by atoms with E-state index < -0.39 is 0 Å². The summed E-state index contributed by atoms with van der Waals surface area (Å²) >= 11 is 0. The predicted molar refractivity (Wildman–Crippen MR) is 152 cm³/mol. The Labute approximate surface area is 218 Å². The van der Waals surface area contributed by atoms with Crippen LogP contribution < -0.4 is 0 Å². The normalized spacial score (nSPS) is 10.9. The molecule has 190 valence electrons. The molecule has 36 heavy (non-hydrogen) atoms. The van der Waals surface area contributed by atoms with Crippen LogP contribution in [0, 0.1) is 6.92 Å². The van der Waals surface area contributed by atoms with Crippen molar-refractivity contribution in [1.82, 2.24) is 0 Å². The number of hydrogen-bond acceptors (Lipinski definition) is 2. The zero-order valence-corrected chi connectivity index (χ0v) is 22.2. The average molecular weight is 483 g/mol. The van der Waals surface area contributed by atoms with E-state index in [4.69, 9.17) is 0 Å². The van der Waals surface area contributed by atoms with Gasteiger partial charge < -0.3 is 0 Å². The van der Waals surface area contributed by atoms with Crippen molar-refractivity contribution in [2.24, 2.45) is 0 Å². The van der Waals surface area contributed by atoms with Gasteiger partial charge in [0.15, 0.2) is 11.6 Å². The Morgan fingerprint density at radius 1 is 0.583 bits per heavy atom. The lowest BCUT2D eigenvalue weighted by Gasteiger charge is -2.07. The summed E-state index contributed by atoms with van der Waals surface area (Å²) in [4.78, 5) is 25.1. The van der Waals surface area contributed by atoms with E-state index in [0.717, 1.165) is 23.1 Å². The van der Waals surface area contributed by atoms with E-state index in [1.807, 2.05) is 49.4 Å². The van der Waals surface area contributed by atoms with Crippen LogP contribution in [0.1, 0.15) is 109 Å². The highest BCUT2D eigenvalue weighted by molar-refractivity contribution is 6.13. The summed E-state index contributed by atoms with van der Waals surface area (Å²) in [5, 5.41) is 0. The molecule has 0 bridgehead atoms. The van der Waals surface area contributed by atoms with Crippen molar-refractivity contribution in [3.63, 3.8) is 0 Å². The molecule has 0 N–H and O–H groups in total. The van der Waals surface area contributed by atoms with E-state index in [0.29, 0.717) is 11.1 Å². The lowest BCUT2D eigenvalue weighted by atomic mass is 9.97. The number of aryl methyl sites for hydroxylation is 2. The fraction of sp³-hybridized carbons (Fsp3) is 0.412. The molecule has 0 spiro atoms. The second-order valence-electron chi connectivity index (χ2n) is 10.1. The number of rotatable bonds is 16. The number of carbonyl (C=O) groups excluding carboxylic acids is 2. The molecule has 0 radical (unpaired) electrons. The summed E-state index contributed by atoms with van der Waals surface area (Å²) in [6.45, 7) is 4.22. The molecule has 0 fully saturated rings. The number of ketones is 2. The predicted octanol–water partition coefficient (Wildman–Crippen LogP) is 9.58. The molecule has 0 unspecified atom stereocenters. The van der Waals surface area contributed by atoms with Gasteiger partial charge in [-0.05, 0) is 42.5 Å². The molecule has 0 atom stereocenters. The molecule has 2 heteroatoms. The highest BCUT2D eigenvalue weighted by Gasteiger charge is 2.14. The molecule has 3 rings (SSSR count). The van der Waals surface area contributed by atoms with Crippen LogP contribution >= 0.6 is 0 Å². The number of Topliss-reactive ketones (excluding diaryl/α,β-unsaturated/α-hetero) is 2. The van der Waals surface area contributed by atoms with E-state index >= 15 is 0 Å². The van der Waals surface area contributed by atoms with Crippen molar-refractivity contribution in [3.05, 3.63) is 95.1 Å². The van der Waals surface area contributed by atoms with Gasteiger partial charge >= 0.3 is 0 Å². The second-order valence-corrected chi connectivity index (χ2v) is 10.1. The van der Waals surface area contributed by atoms with Gasteiger partial charge in [0.2, 0.25) is 0 Å². The molecule has 0 aromatic heterocycles. The molecule has 3 aromatic carbocycles. The zero-order chi connectivity index (χ0) is 25.6. The highest BCUT2D eigenvalue weighted by Crippen LogP contribution is 2.22. The molecule has 0 saturated carbocycles. The summed E-state index contributed by atoms with van der Waals surface area (Å²) in [5.74, 6) is -0.273. The minimum atomic E-state index is -0.139. The summed E-state index contributed by atoms with van der Waals surface area (Å²) in [5.41, 5.74) is 5.82. The standard InChI is InChI=1S/C34H42O2/c1-3-4-5-6-7-8-9-10-11-12-15-28-17-19-29(20-18-28)30-21-23-31(24-22-30)33(35)26-34(36)32-16-13-14-27(2)25-32/h13-14,16-25H,3-12,15,26H2,1-2H3. The molecule has 0 aliphatic heterocycles. The van der Waals surface area contributed by atoms with E-state index in [-0.39, 0.29) is 18.0 Å². The lowest BCUT2D eigenvalue weighted by molar-refractivity contribution is 0.0894. The van der Waals surface area contributed by atoms with Crippen LogP contribution in [0.25, 0.3) is 11.1 Å². The van der Waals surface area contributed by atoms with Crippen molar-refractivity contribution in [1.29, 1.82) is 0 Å². The van der Waals surface area contributed by atoms with Gasteiger partial charge in [-0.1, -0.05) is 137 Å². The molecule has 0 heterocycles. The molecular formula is C34H42O2. The first-order valence-electron chi connectivity index (χ1n) is 13.9. The lowest BCUT2D eigenvalue weighted by Crippen LogP contribution is -2.08. The van der Waals surface area contributed by atoms with Gasteiger partial charge in [-0.3, -0.25) is 9.59 Å². The Kier molecular flexibility index (Phi) is 11.6. The van der Waals surface area contributed by atoms with E-state index in [1.165, 1.54) is 69.8 Å². The maximum Gasteiger partial charge on any atom is 0.170 e. The monoisotopic (exact) mass is 482 g/mol. The average Bonchev–Trinajstić information content (AvgIpc) is 2.90. The van der Waals surface area contributed by atoms with Crippen LogP contribution in [0.2, 0.25) is 0 Å². The maximum atomic E-state index is 12.6. The fourth-order valence-corrected chi connectivity index (χ4v) is 4.70. The largest absolute Gasteiger partial charge is 0.294 e. The second kappa shape index (κ2) is 15.2. The van der Waals surface area contributed by atoms with Crippen molar-refractivity contribution in [2.75, 3.05) is 0 Å². The van der Waals surface area contributed by atoms with Crippen LogP contribution in [-0.2, 0) is 6.42 Å². The summed E-state index contributed by atoms with van der Waals surface area (Å²) in [7, 11) is 0. The van der Waals surface area contributed by atoms with E-state index in [2.05, 4.69) is 31.2 Å². The van der Waals surface area contributed by atoms with Crippen LogP contribution in [-0.4, -0.2) is 11.6 Å². The Bertz CT molecular complexity index is 1080. The zero-order valence-electron chi connectivity index (χ0n) is 22.2. The molecule has 2 nitrogen and oxygen atoms in total. The minimum Gasteiger partial charge on any atom is -0.294 e. The molecule has 3 aromatic rings. The van der Waals surface area contributed by atoms with Crippen LogP contribution in [0.4, 0.5) is 0 Å². The molecular weight excluding hydrogens is 440 g/mol. The number of carbonyl (C=O) groups is 2. The Balaban J connectivity index is 1.40.